The molecule has 1 atom stereocenters. The molecule has 0 spiro atoms. The van der Waals surface area contributed by atoms with Gasteiger partial charge in [-0.15, -0.1) is 0 Å². The number of piperazine rings is 1. The molecular weight excluding hydrogens is 250 g/mol. The third kappa shape index (κ3) is 2.29. The van der Waals surface area contributed by atoms with Gasteiger partial charge in [0.15, 0.2) is 0 Å². The maximum absolute atomic E-state index is 12.7. The highest BCUT2D eigenvalue weighted by molar-refractivity contribution is 5.87. The molecule has 2 heterocycles. The zero-order valence-corrected chi connectivity index (χ0v) is 12.5. The van der Waals surface area contributed by atoms with Crippen molar-refractivity contribution in [2.75, 3.05) is 32.0 Å². The van der Waals surface area contributed by atoms with Crippen LogP contribution < -0.4 is 5.32 Å². The summed E-state index contributed by atoms with van der Waals surface area (Å²) in [5.74, 6) is 0.238. The van der Waals surface area contributed by atoms with Crippen LogP contribution in [-0.4, -0.2) is 54.0 Å². The lowest BCUT2D eigenvalue weighted by molar-refractivity contribution is -0.136. The molecule has 1 fully saturated rings. The molecule has 2 aliphatic heterocycles. The number of nitrogens with zero attached hydrogens (tertiary/aromatic N) is 2. The predicted octanol–water partition coefficient (Wildman–Crippen LogP) is 1.58. The second kappa shape index (κ2) is 4.77. The van der Waals surface area contributed by atoms with Crippen molar-refractivity contribution in [2.24, 2.45) is 0 Å². The SMILES string of the molecule is CN1CCN(C(=O)C2Cc3ccccc3N2)CC1(C)C. The van der Waals surface area contributed by atoms with Gasteiger partial charge in [-0.2, -0.15) is 0 Å². The number of fused-ring (bicyclic) bond motifs is 1. The average Bonchev–Trinajstić information content (AvgIpc) is 2.84. The van der Waals surface area contributed by atoms with Crippen LogP contribution in [0.2, 0.25) is 0 Å². The summed E-state index contributed by atoms with van der Waals surface area (Å²) in [6.07, 6.45) is 0.807. The van der Waals surface area contributed by atoms with Crippen molar-refractivity contribution in [3.8, 4) is 0 Å². The predicted molar refractivity (Wildman–Crippen MR) is 80.8 cm³/mol. The van der Waals surface area contributed by atoms with Gasteiger partial charge in [0.25, 0.3) is 0 Å². The number of carbonyl (C=O) groups is 1. The number of benzene rings is 1. The second-order valence-electron chi connectivity index (χ2n) is 6.55. The average molecular weight is 273 g/mol. The molecule has 20 heavy (non-hydrogen) atoms. The normalized spacial score (nSPS) is 25.1. The summed E-state index contributed by atoms with van der Waals surface area (Å²) >= 11 is 0. The third-order valence-electron chi connectivity index (χ3n) is 4.70. The van der Waals surface area contributed by atoms with Crippen molar-refractivity contribution in [3.63, 3.8) is 0 Å². The van der Waals surface area contributed by atoms with Crippen molar-refractivity contribution in [1.29, 1.82) is 0 Å². The molecule has 108 valence electrons. The highest BCUT2D eigenvalue weighted by atomic mass is 16.2. The fourth-order valence-electron chi connectivity index (χ4n) is 3.10. The molecule has 1 aromatic carbocycles. The van der Waals surface area contributed by atoms with Gasteiger partial charge < -0.3 is 10.2 Å². The highest BCUT2D eigenvalue weighted by Gasteiger charge is 2.37. The molecule has 0 saturated carbocycles. The largest absolute Gasteiger partial charge is 0.373 e. The van der Waals surface area contributed by atoms with E-state index in [1.165, 1.54) is 5.56 Å². The van der Waals surface area contributed by atoms with Gasteiger partial charge in [-0.25, -0.2) is 0 Å². The first kappa shape index (κ1) is 13.4. The molecule has 0 bridgehead atoms. The van der Waals surface area contributed by atoms with Gasteiger partial charge in [-0.3, -0.25) is 9.69 Å². The van der Waals surface area contributed by atoms with Crippen molar-refractivity contribution in [3.05, 3.63) is 29.8 Å². The lowest BCUT2D eigenvalue weighted by Crippen LogP contribution is -2.60. The molecule has 0 radical (unpaired) electrons. The zero-order chi connectivity index (χ0) is 14.3. The van der Waals surface area contributed by atoms with E-state index in [0.29, 0.717) is 0 Å². The number of carbonyl (C=O) groups excluding carboxylic acids is 1. The Balaban J connectivity index is 1.69. The number of nitrogens with one attached hydrogen (secondary N) is 1. The Kier molecular flexibility index (Phi) is 3.21. The number of hydrogen-bond acceptors (Lipinski definition) is 3. The molecule has 1 saturated heterocycles. The summed E-state index contributed by atoms with van der Waals surface area (Å²) in [5.41, 5.74) is 2.41. The molecule has 3 rings (SSSR count). The lowest BCUT2D eigenvalue weighted by Gasteiger charge is -2.45. The molecular formula is C16H23N3O. The zero-order valence-electron chi connectivity index (χ0n) is 12.5. The van der Waals surface area contributed by atoms with Crippen LogP contribution in [-0.2, 0) is 11.2 Å². The summed E-state index contributed by atoms with van der Waals surface area (Å²) < 4.78 is 0. The second-order valence-corrected chi connectivity index (χ2v) is 6.55. The lowest BCUT2D eigenvalue weighted by atomic mass is 9.99. The minimum atomic E-state index is -0.0911. The molecule has 0 aliphatic carbocycles. The van der Waals surface area contributed by atoms with E-state index in [2.05, 4.69) is 43.2 Å². The standard InChI is InChI=1S/C16H23N3O/c1-16(2)11-19(9-8-18(16)3)15(20)14-10-12-6-4-5-7-13(12)17-14/h4-7,14,17H,8-11H2,1-3H3. The van der Waals surface area contributed by atoms with E-state index in [-0.39, 0.29) is 17.5 Å². The maximum atomic E-state index is 12.7. The van der Waals surface area contributed by atoms with Crippen LogP contribution in [0.4, 0.5) is 5.69 Å². The molecule has 1 N–H and O–H groups in total. The van der Waals surface area contributed by atoms with E-state index in [1.54, 1.807) is 0 Å². The Hall–Kier alpha value is -1.55. The van der Waals surface area contributed by atoms with Gasteiger partial charge in [0.1, 0.15) is 6.04 Å². The molecule has 4 heteroatoms. The van der Waals surface area contributed by atoms with Crippen LogP contribution in [0.25, 0.3) is 0 Å². The van der Waals surface area contributed by atoms with Gasteiger partial charge in [0.05, 0.1) is 0 Å². The molecule has 0 aromatic heterocycles. The van der Waals surface area contributed by atoms with Gasteiger partial charge in [0, 0.05) is 37.3 Å². The minimum Gasteiger partial charge on any atom is -0.373 e. The summed E-state index contributed by atoms with van der Waals surface area (Å²) in [6, 6.07) is 8.11. The summed E-state index contributed by atoms with van der Waals surface area (Å²) in [5, 5.41) is 3.37. The molecule has 2 aliphatic rings. The van der Waals surface area contributed by atoms with Crippen LogP contribution in [0.3, 0.4) is 0 Å². The Bertz CT molecular complexity index is 501. The number of amides is 1. The van der Waals surface area contributed by atoms with Gasteiger partial charge in [0.2, 0.25) is 5.91 Å². The van der Waals surface area contributed by atoms with Crippen LogP contribution >= 0.6 is 0 Å². The molecule has 1 aromatic rings. The summed E-state index contributed by atoms with van der Waals surface area (Å²) in [4.78, 5) is 17.1. The topological polar surface area (TPSA) is 35.6 Å². The van der Waals surface area contributed by atoms with Gasteiger partial charge in [-0.1, -0.05) is 18.2 Å². The first-order valence-corrected chi connectivity index (χ1v) is 7.32. The van der Waals surface area contributed by atoms with E-state index >= 15 is 0 Å². The number of likely N-dealkylation sites (N-methyl/N-ethyl adjacent to an activating group) is 1. The Morgan fingerprint density at radius 3 is 2.75 bits per heavy atom. The minimum absolute atomic E-state index is 0.0549. The molecule has 1 amide bonds. The van der Waals surface area contributed by atoms with E-state index in [4.69, 9.17) is 0 Å². The van der Waals surface area contributed by atoms with E-state index in [0.717, 1.165) is 31.7 Å². The molecule has 1 unspecified atom stereocenters. The first-order valence-electron chi connectivity index (χ1n) is 7.32. The van der Waals surface area contributed by atoms with E-state index in [1.807, 2.05) is 17.0 Å². The van der Waals surface area contributed by atoms with E-state index < -0.39 is 0 Å². The van der Waals surface area contributed by atoms with Crippen molar-refractivity contribution in [1.82, 2.24) is 9.80 Å². The summed E-state index contributed by atoms with van der Waals surface area (Å²) in [6.45, 7) is 6.97. The Morgan fingerprint density at radius 2 is 2.05 bits per heavy atom. The highest BCUT2D eigenvalue weighted by Crippen LogP contribution is 2.27. The first-order chi connectivity index (χ1) is 9.47. The van der Waals surface area contributed by atoms with Crippen LogP contribution in [0.1, 0.15) is 19.4 Å². The van der Waals surface area contributed by atoms with Crippen molar-refractivity contribution < 1.29 is 4.79 Å². The molecule has 4 nitrogen and oxygen atoms in total. The van der Waals surface area contributed by atoms with Crippen molar-refractivity contribution >= 4 is 11.6 Å². The summed E-state index contributed by atoms with van der Waals surface area (Å²) in [7, 11) is 2.13. The van der Waals surface area contributed by atoms with E-state index in [9.17, 15) is 4.79 Å². The smallest absolute Gasteiger partial charge is 0.245 e. The van der Waals surface area contributed by atoms with Crippen molar-refractivity contribution in [2.45, 2.75) is 31.8 Å². The van der Waals surface area contributed by atoms with Crippen LogP contribution in [0.5, 0.6) is 0 Å². The number of hydrogen-bond donors (Lipinski definition) is 1. The maximum Gasteiger partial charge on any atom is 0.245 e. The fraction of sp³-hybridized carbons (Fsp3) is 0.562. The van der Waals surface area contributed by atoms with Crippen LogP contribution in [0, 0.1) is 0 Å². The Labute approximate surface area is 120 Å². The number of rotatable bonds is 1. The quantitative estimate of drug-likeness (QED) is 0.844. The monoisotopic (exact) mass is 273 g/mol. The number of anilines is 1. The number of para-hydroxylation sites is 1. The van der Waals surface area contributed by atoms with Crippen LogP contribution in [0.15, 0.2) is 24.3 Å². The van der Waals surface area contributed by atoms with Gasteiger partial charge >= 0.3 is 0 Å². The van der Waals surface area contributed by atoms with Gasteiger partial charge in [-0.05, 0) is 32.5 Å². The third-order valence-corrected chi connectivity index (χ3v) is 4.70. The Morgan fingerprint density at radius 1 is 1.30 bits per heavy atom. The fourth-order valence-corrected chi connectivity index (χ4v) is 3.10.